The molecule has 4 aromatic rings. The molecule has 2 aromatic heterocycles. The fraction of sp³-hybridized carbons (Fsp3) is 0.125. The van der Waals surface area contributed by atoms with Crippen molar-refractivity contribution < 1.29 is 19.4 Å². The van der Waals surface area contributed by atoms with Gasteiger partial charge in [0.2, 0.25) is 0 Å². The van der Waals surface area contributed by atoms with Crippen LogP contribution in [0.4, 0.5) is 0 Å². The summed E-state index contributed by atoms with van der Waals surface area (Å²) < 4.78 is 12.7. The molecule has 7 nitrogen and oxygen atoms in total. The van der Waals surface area contributed by atoms with E-state index in [2.05, 4.69) is 4.98 Å². The number of aliphatic carboxylic acids is 1. The minimum Gasteiger partial charge on any atom is -0.493 e. The van der Waals surface area contributed by atoms with E-state index in [-0.39, 0.29) is 0 Å². The van der Waals surface area contributed by atoms with Gasteiger partial charge in [0, 0.05) is 35.0 Å². The molecule has 4 rings (SSSR count). The molecule has 0 saturated heterocycles. The summed E-state index contributed by atoms with van der Waals surface area (Å²) in [7, 11) is 3.21. The van der Waals surface area contributed by atoms with E-state index in [1.165, 1.54) is 11.8 Å². The van der Waals surface area contributed by atoms with Gasteiger partial charge in [0.25, 0.3) is 0 Å². The Morgan fingerprint density at radius 3 is 2.62 bits per heavy atom. The highest BCUT2D eigenvalue weighted by molar-refractivity contribution is 7.99. The van der Waals surface area contributed by atoms with Crippen LogP contribution < -0.4 is 9.47 Å². The first-order chi connectivity index (χ1) is 15.5. The predicted octanol–water partition coefficient (Wildman–Crippen LogP) is 4.97. The quantitative estimate of drug-likeness (QED) is 0.316. The Hall–Kier alpha value is -3.78. The molecule has 0 radical (unpaired) electrons. The van der Waals surface area contributed by atoms with Crippen molar-refractivity contribution >= 4 is 29.5 Å². The molecule has 1 N–H and O–H groups in total. The van der Waals surface area contributed by atoms with Crippen LogP contribution >= 0.6 is 11.8 Å². The van der Waals surface area contributed by atoms with Crippen molar-refractivity contribution in [3.63, 3.8) is 0 Å². The van der Waals surface area contributed by atoms with Gasteiger partial charge in [0.15, 0.2) is 16.7 Å². The number of aromatic nitrogens is 3. The van der Waals surface area contributed by atoms with Crippen LogP contribution in [0.5, 0.6) is 11.5 Å². The maximum Gasteiger partial charge on any atom is 0.328 e. The summed E-state index contributed by atoms with van der Waals surface area (Å²) in [5.74, 6) is 0.312. The number of ether oxygens (including phenoxy) is 2. The number of imidazole rings is 1. The third-order valence-corrected chi connectivity index (χ3v) is 5.85. The van der Waals surface area contributed by atoms with Crippen molar-refractivity contribution in [3.8, 4) is 22.8 Å². The van der Waals surface area contributed by atoms with E-state index in [4.69, 9.17) is 19.6 Å². The van der Waals surface area contributed by atoms with Crippen molar-refractivity contribution in [2.75, 3.05) is 14.2 Å². The third kappa shape index (κ3) is 4.45. The van der Waals surface area contributed by atoms with E-state index in [1.54, 1.807) is 26.5 Å². The molecule has 0 amide bonds. The second kappa shape index (κ2) is 9.15. The lowest BCUT2D eigenvalue weighted by molar-refractivity contribution is -0.131. The number of carbonyl (C=O) groups is 1. The van der Waals surface area contributed by atoms with E-state index in [0.29, 0.717) is 11.5 Å². The van der Waals surface area contributed by atoms with E-state index in [0.717, 1.165) is 44.2 Å². The Labute approximate surface area is 189 Å². The molecular formula is C24H21N3O4S. The first-order valence-corrected chi connectivity index (χ1v) is 10.6. The van der Waals surface area contributed by atoms with Gasteiger partial charge in [-0.15, -0.1) is 0 Å². The molecular weight excluding hydrogens is 426 g/mol. The Morgan fingerprint density at radius 1 is 1.09 bits per heavy atom. The number of methoxy groups -OCH3 is 2. The summed E-state index contributed by atoms with van der Waals surface area (Å²) in [5, 5.41) is 9.62. The van der Waals surface area contributed by atoms with Gasteiger partial charge < -0.3 is 14.6 Å². The van der Waals surface area contributed by atoms with E-state index < -0.39 is 5.97 Å². The fourth-order valence-corrected chi connectivity index (χ4v) is 4.25. The van der Waals surface area contributed by atoms with Gasteiger partial charge in [-0.25, -0.2) is 14.8 Å². The van der Waals surface area contributed by atoms with E-state index >= 15 is 0 Å². The molecule has 8 heteroatoms. The first-order valence-electron chi connectivity index (χ1n) is 9.74. The zero-order valence-electron chi connectivity index (χ0n) is 17.8. The number of aryl methyl sites for hydroxylation is 1. The Kier molecular flexibility index (Phi) is 6.13. The van der Waals surface area contributed by atoms with Gasteiger partial charge >= 0.3 is 5.97 Å². The minimum absolute atomic E-state index is 0.629. The molecule has 2 heterocycles. The Balaban J connectivity index is 1.72. The zero-order valence-corrected chi connectivity index (χ0v) is 18.6. The third-order valence-electron chi connectivity index (χ3n) is 4.89. The molecule has 0 aliphatic carbocycles. The number of fused-ring (bicyclic) bond motifs is 1. The summed E-state index contributed by atoms with van der Waals surface area (Å²) >= 11 is 1.51. The van der Waals surface area contributed by atoms with Crippen LogP contribution in [-0.2, 0) is 4.79 Å². The normalized spacial score (nSPS) is 11.2. The Morgan fingerprint density at radius 2 is 1.91 bits per heavy atom. The molecule has 2 aromatic carbocycles. The van der Waals surface area contributed by atoms with Crippen LogP contribution in [0.2, 0.25) is 0 Å². The molecule has 0 unspecified atom stereocenters. The summed E-state index contributed by atoms with van der Waals surface area (Å²) in [4.78, 5) is 21.1. The predicted molar refractivity (Wildman–Crippen MR) is 123 cm³/mol. The lowest BCUT2D eigenvalue weighted by Crippen LogP contribution is -1.97. The molecule has 0 spiro atoms. The maximum atomic E-state index is 10.8. The van der Waals surface area contributed by atoms with Gasteiger partial charge in [0.1, 0.15) is 5.65 Å². The standard InChI is InChI=1S/C24H21N3O4S/c1-15-12-18(7-4-16(15)6-9-23(28)29)32-24-26-19(14-22-25-10-11-27(22)24)17-5-8-20(30-2)21(13-17)31-3/h4-14H,1-3H3,(H,28,29). The maximum absolute atomic E-state index is 10.8. The van der Waals surface area contributed by atoms with Crippen LogP contribution in [0.15, 0.2) is 71.0 Å². The monoisotopic (exact) mass is 447 g/mol. The van der Waals surface area contributed by atoms with Crippen molar-refractivity contribution in [2.24, 2.45) is 0 Å². The lowest BCUT2D eigenvalue weighted by Gasteiger charge is -2.12. The summed E-state index contributed by atoms with van der Waals surface area (Å²) in [6.45, 7) is 1.95. The number of hydrogen-bond donors (Lipinski definition) is 1. The van der Waals surface area contributed by atoms with Gasteiger partial charge in [-0.1, -0.05) is 17.8 Å². The number of benzene rings is 2. The molecule has 0 aliphatic heterocycles. The average Bonchev–Trinajstić information content (AvgIpc) is 3.27. The highest BCUT2D eigenvalue weighted by Crippen LogP contribution is 2.34. The van der Waals surface area contributed by atoms with Crippen LogP contribution in [-0.4, -0.2) is 39.7 Å². The number of carboxylic acid groups (broad SMARTS) is 1. The molecule has 0 saturated carbocycles. The largest absolute Gasteiger partial charge is 0.493 e. The van der Waals surface area contributed by atoms with Crippen molar-refractivity contribution in [1.29, 1.82) is 0 Å². The number of nitrogens with zero attached hydrogens (tertiary/aromatic N) is 3. The van der Waals surface area contributed by atoms with Gasteiger partial charge in [0.05, 0.1) is 19.9 Å². The molecule has 0 aliphatic rings. The summed E-state index contributed by atoms with van der Waals surface area (Å²) in [6.07, 6.45) is 6.35. The van der Waals surface area contributed by atoms with Crippen LogP contribution in [0.1, 0.15) is 11.1 Å². The molecule has 0 bridgehead atoms. The molecule has 162 valence electrons. The van der Waals surface area contributed by atoms with E-state index in [9.17, 15) is 4.79 Å². The SMILES string of the molecule is COc1ccc(-c2cc3nccn3c(Sc3ccc(C=CC(=O)O)c(C)c3)n2)cc1OC. The van der Waals surface area contributed by atoms with E-state index in [1.807, 2.05) is 60.0 Å². The highest BCUT2D eigenvalue weighted by Gasteiger charge is 2.13. The highest BCUT2D eigenvalue weighted by atomic mass is 32.2. The molecule has 32 heavy (non-hydrogen) atoms. The second-order valence-electron chi connectivity index (χ2n) is 6.94. The minimum atomic E-state index is -0.971. The molecule has 0 atom stereocenters. The van der Waals surface area contributed by atoms with Crippen molar-refractivity contribution in [1.82, 2.24) is 14.4 Å². The smallest absolute Gasteiger partial charge is 0.328 e. The fourth-order valence-electron chi connectivity index (χ4n) is 3.28. The van der Waals surface area contributed by atoms with Crippen LogP contribution in [0.3, 0.4) is 0 Å². The van der Waals surface area contributed by atoms with Gasteiger partial charge in [-0.3, -0.25) is 4.40 Å². The number of rotatable bonds is 7. The average molecular weight is 448 g/mol. The number of hydrogen-bond acceptors (Lipinski definition) is 6. The van der Waals surface area contributed by atoms with Crippen molar-refractivity contribution in [2.45, 2.75) is 17.0 Å². The van der Waals surface area contributed by atoms with Crippen LogP contribution in [0.25, 0.3) is 23.0 Å². The topological polar surface area (TPSA) is 86.0 Å². The van der Waals surface area contributed by atoms with Crippen molar-refractivity contribution in [3.05, 3.63) is 72.1 Å². The summed E-state index contributed by atoms with van der Waals surface area (Å²) in [5.41, 5.74) is 4.28. The summed E-state index contributed by atoms with van der Waals surface area (Å²) in [6, 6.07) is 13.5. The Bertz CT molecular complexity index is 1330. The van der Waals surface area contributed by atoms with Gasteiger partial charge in [-0.2, -0.15) is 0 Å². The first kappa shape index (κ1) is 21.5. The van der Waals surface area contributed by atoms with Crippen LogP contribution in [0, 0.1) is 6.92 Å². The lowest BCUT2D eigenvalue weighted by atomic mass is 10.1. The zero-order chi connectivity index (χ0) is 22.7. The number of carboxylic acids is 1. The van der Waals surface area contributed by atoms with Gasteiger partial charge in [-0.05, 0) is 54.5 Å². The molecule has 0 fully saturated rings. The second-order valence-corrected chi connectivity index (χ2v) is 7.98.